The minimum absolute atomic E-state index is 0.205. The lowest BCUT2D eigenvalue weighted by Gasteiger charge is -2.14. The molecule has 0 fully saturated rings. The molecule has 0 spiro atoms. The summed E-state index contributed by atoms with van der Waals surface area (Å²) < 4.78 is 14.0. The quantitative estimate of drug-likeness (QED) is 0.845. The predicted molar refractivity (Wildman–Crippen MR) is 78.9 cm³/mol. The van der Waals surface area contributed by atoms with Gasteiger partial charge in [0.15, 0.2) is 0 Å². The molecule has 1 N–H and O–H groups in total. The minimum Gasteiger partial charge on any atom is -0.310 e. The number of hydrogen-bond donors (Lipinski definition) is 1. The third-order valence-electron chi connectivity index (χ3n) is 3.16. The Morgan fingerprint density at radius 3 is 2.47 bits per heavy atom. The molecule has 0 aliphatic carbocycles. The average molecular weight is 278 g/mol. The second-order valence-corrected chi connectivity index (χ2v) is 4.96. The Hall–Kier alpha value is -1.38. The highest BCUT2D eigenvalue weighted by atomic mass is 35.5. The van der Waals surface area contributed by atoms with Crippen LogP contribution in [0.25, 0.3) is 11.1 Å². The summed E-state index contributed by atoms with van der Waals surface area (Å²) >= 11 is 5.86. The predicted octanol–water partition coefficient (Wildman–Crippen LogP) is 4.82. The van der Waals surface area contributed by atoms with E-state index in [2.05, 4.69) is 19.2 Å². The van der Waals surface area contributed by atoms with Gasteiger partial charge >= 0.3 is 0 Å². The number of hydrogen-bond acceptors (Lipinski definition) is 1. The van der Waals surface area contributed by atoms with E-state index in [-0.39, 0.29) is 11.9 Å². The molecule has 0 amide bonds. The van der Waals surface area contributed by atoms with E-state index < -0.39 is 0 Å². The van der Waals surface area contributed by atoms with Gasteiger partial charge in [0.05, 0.1) is 0 Å². The van der Waals surface area contributed by atoms with Crippen LogP contribution in [-0.4, -0.2) is 6.54 Å². The van der Waals surface area contributed by atoms with Gasteiger partial charge in [-0.3, -0.25) is 0 Å². The van der Waals surface area contributed by atoms with Crippen LogP contribution in [0.1, 0.15) is 25.5 Å². The molecule has 3 heteroatoms. The summed E-state index contributed by atoms with van der Waals surface area (Å²) in [5.41, 5.74) is 2.53. The molecule has 100 valence electrons. The molecule has 1 atom stereocenters. The molecule has 0 heterocycles. The Bertz CT molecular complexity index is 551. The van der Waals surface area contributed by atoms with E-state index >= 15 is 0 Å². The Kier molecular flexibility index (Phi) is 4.56. The second-order valence-electron chi connectivity index (χ2n) is 4.53. The van der Waals surface area contributed by atoms with Crippen LogP contribution in [0.3, 0.4) is 0 Å². The molecule has 0 saturated carbocycles. The standard InChI is InChI=1S/C16H17ClFN/c1-3-19-11(2)13-6-9-16(18)15(10-13)12-4-7-14(17)8-5-12/h4-11,19H,3H2,1-2H3. The van der Waals surface area contributed by atoms with Gasteiger partial charge in [0.2, 0.25) is 0 Å². The SMILES string of the molecule is CCNC(C)c1ccc(F)c(-c2ccc(Cl)cc2)c1. The fourth-order valence-corrected chi connectivity index (χ4v) is 2.21. The first-order valence-electron chi connectivity index (χ1n) is 6.40. The minimum atomic E-state index is -0.213. The van der Waals surface area contributed by atoms with Crippen LogP contribution >= 0.6 is 11.6 Å². The maximum absolute atomic E-state index is 14.0. The van der Waals surface area contributed by atoms with Gasteiger partial charge in [0.25, 0.3) is 0 Å². The van der Waals surface area contributed by atoms with E-state index in [0.717, 1.165) is 17.7 Å². The van der Waals surface area contributed by atoms with Crippen LogP contribution < -0.4 is 5.32 Å². The first kappa shape index (κ1) is 14.0. The van der Waals surface area contributed by atoms with Crippen LogP contribution in [0.5, 0.6) is 0 Å². The van der Waals surface area contributed by atoms with Crippen molar-refractivity contribution < 1.29 is 4.39 Å². The van der Waals surface area contributed by atoms with Crippen molar-refractivity contribution in [3.05, 3.63) is 58.9 Å². The normalized spacial score (nSPS) is 12.4. The molecule has 0 aliphatic rings. The fourth-order valence-electron chi connectivity index (χ4n) is 2.09. The maximum Gasteiger partial charge on any atom is 0.131 e. The Labute approximate surface area is 118 Å². The molecule has 0 saturated heterocycles. The number of nitrogens with one attached hydrogen (secondary N) is 1. The number of halogens is 2. The average Bonchev–Trinajstić information content (AvgIpc) is 2.41. The molecule has 2 aromatic carbocycles. The van der Waals surface area contributed by atoms with Gasteiger partial charge in [-0.15, -0.1) is 0 Å². The van der Waals surface area contributed by atoms with Crippen molar-refractivity contribution in [3.8, 4) is 11.1 Å². The summed E-state index contributed by atoms with van der Waals surface area (Å²) in [5.74, 6) is -0.213. The number of benzene rings is 2. The zero-order valence-electron chi connectivity index (χ0n) is 11.1. The largest absolute Gasteiger partial charge is 0.310 e. The highest BCUT2D eigenvalue weighted by molar-refractivity contribution is 6.30. The molecule has 0 aliphatic heterocycles. The van der Waals surface area contributed by atoms with Crippen molar-refractivity contribution in [2.45, 2.75) is 19.9 Å². The van der Waals surface area contributed by atoms with Crippen molar-refractivity contribution in [3.63, 3.8) is 0 Å². The zero-order chi connectivity index (χ0) is 13.8. The molecule has 19 heavy (non-hydrogen) atoms. The molecular formula is C16H17ClFN. The summed E-state index contributed by atoms with van der Waals surface area (Å²) in [4.78, 5) is 0. The van der Waals surface area contributed by atoms with E-state index in [0.29, 0.717) is 10.6 Å². The second kappa shape index (κ2) is 6.18. The van der Waals surface area contributed by atoms with Gasteiger partial charge in [-0.2, -0.15) is 0 Å². The first-order valence-corrected chi connectivity index (χ1v) is 6.78. The Morgan fingerprint density at radius 1 is 1.16 bits per heavy atom. The molecule has 1 unspecified atom stereocenters. The van der Waals surface area contributed by atoms with Crippen LogP contribution in [0.2, 0.25) is 5.02 Å². The lowest BCUT2D eigenvalue weighted by Crippen LogP contribution is -2.17. The van der Waals surface area contributed by atoms with Crippen molar-refractivity contribution in [1.82, 2.24) is 5.32 Å². The lowest BCUT2D eigenvalue weighted by atomic mass is 9.99. The van der Waals surface area contributed by atoms with E-state index in [1.54, 1.807) is 12.1 Å². The third-order valence-corrected chi connectivity index (χ3v) is 3.41. The summed E-state index contributed by atoms with van der Waals surface area (Å²) in [5, 5.41) is 3.98. The van der Waals surface area contributed by atoms with Crippen LogP contribution in [-0.2, 0) is 0 Å². The molecule has 2 aromatic rings. The van der Waals surface area contributed by atoms with Crippen molar-refractivity contribution in [1.29, 1.82) is 0 Å². The topological polar surface area (TPSA) is 12.0 Å². The molecule has 1 nitrogen and oxygen atoms in total. The van der Waals surface area contributed by atoms with E-state index in [9.17, 15) is 4.39 Å². The number of rotatable bonds is 4. The summed E-state index contributed by atoms with van der Waals surface area (Å²) in [7, 11) is 0. The van der Waals surface area contributed by atoms with Gasteiger partial charge < -0.3 is 5.32 Å². The van der Waals surface area contributed by atoms with Crippen molar-refractivity contribution in [2.24, 2.45) is 0 Å². The third kappa shape index (κ3) is 3.34. The molecular weight excluding hydrogens is 261 g/mol. The summed E-state index contributed by atoms with van der Waals surface area (Å²) in [6.45, 7) is 5.01. The van der Waals surface area contributed by atoms with Crippen LogP contribution in [0.4, 0.5) is 4.39 Å². The molecule has 0 aromatic heterocycles. The zero-order valence-corrected chi connectivity index (χ0v) is 11.8. The summed E-state index contributed by atoms with van der Waals surface area (Å²) in [6, 6.07) is 12.7. The highest BCUT2D eigenvalue weighted by Crippen LogP contribution is 2.27. The van der Waals surface area contributed by atoms with Crippen molar-refractivity contribution in [2.75, 3.05) is 6.54 Å². The Morgan fingerprint density at radius 2 is 1.84 bits per heavy atom. The molecule has 2 rings (SSSR count). The van der Waals surface area contributed by atoms with Crippen LogP contribution in [0, 0.1) is 5.82 Å². The first-order chi connectivity index (χ1) is 9.11. The Balaban J connectivity index is 2.39. The van der Waals surface area contributed by atoms with Gasteiger partial charge in [0, 0.05) is 16.6 Å². The smallest absolute Gasteiger partial charge is 0.131 e. The molecule has 0 bridgehead atoms. The van der Waals surface area contributed by atoms with E-state index in [4.69, 9.17) is 11.6 Å². The van der Waals surface area contributed by atoms with E-state index in [1.807, 2.05) is 24.3 Å². The van der Waals surface area contributed by atoms with Gasteiger partial charge in [-0.1, -0.05) is 36.7 Å². The molecule has 0 radical (unpaired) electrons. The van der Waals surface area contributed by atoms with Crippen molar-refractivity contribution >= 4 is 11.6 Å². The fraction of sp³-hybridized carbons (Fsp3) is 0.250. The summed E-state index contributed by atoms with van der Waals surface area (Å²) in [6.07, 6.45) is 0. The maximum atomic E-state index is 14.0. The van der Waals surface area contributed by atoms with Gasteiger partial charge in [-0.25, -0.2) is 4.39 Å². The van der Waals surface area contributed by atoms with Gasteiger partial charge in [0.1, 0.15) is 5.82 Å². The monoisotopic (exact) mass is 277 g/mol. The lowest BCUT2D eigenvalue weighted by molar-refractivity contribution is 0.593. The van der Waals surface area contributed by atoms with E-state index in [1.165, 1.54) is 6.07 Å². The highest BCUT2D eigenvalue weighted by Gasteiger charge is 2.10. The van der Waals surface area contributed by atoms with Crippen LogP contribution in [0.15, 0.2) is 42.5 Å². The van der Waals surface area contributed by atoms with Gasteiger partial charge in [-0.05, 0) is 48.9 Å².